The van der Waals surface area contributed by atoms with Crippen molar-refractivity contribution in [3.8, 4) is 6.07 Å². The van der Waals surface area contributed by atoms with Crippen LogP contribution in [0.15, 0.2) is 24.7 Å². The summed E-state index contributed by atoms with van der Waals surface area (Å²) in [4.78, 5) is 21.4. The molecule has 0 radical (unpaired) electrons. The lowest BCUT2D eigenvalue weighted by Gasteiger charge is -2.38. The molecule has 1 saturated heterocycles. The molecule has 7 heteroatoms. The van der Waals surface area contributed by atoms with Gasteiger partial charge in [0.05, 0.1) is 11.1 Å². The summed E-state index contributed by atoms with van der Waals surface area (Å²) < 4.78 is 0. The van der Waals surface area contributed by atoms with E-state index in [-0.39, 0.29) is 6.04 Å². The van der Waals surface area contributed by atoms with Crippen molar-refractivity contribution in [2.75, 3.05) is 18.0 Å². The van der Waals surface area contributed by atoms with Gasteiger partial charge in [0.1, 0.15) is 12.4 Å². The molecule has 1 fully saturated rings. The molecule has 1 aromatic heterocycles. The largest absolute Gasteiger partial charge is 0.465 e. The molecular formula is C16H17N5O2. The highest BCUT2D eigenvalue weighted by molar-refractivity contribution is 5.94. The van der Waals surface area contributed by atoms with Crippen LogP contribution in [-0.2, 0) is 0 Å². The smallest absolute Gasteiger partial charge is 0.404 e. The minimum Gasteiger partial charge on any atom is -0.465 e. The van der Waals surface area contributed by atoms with Gasteiger partial charge in [-0.1, -0.05) is 6.92 Å². The highest BCUT2D eigenvalue weighted by Gasteiger charge is 2.27. The van der Waals surface area contributed by atoms with Gasteiger partial charge in [0, 0.05) is 36.4 Å². The third-order valence-electron chi connectivity index (χ3n) is 4.10. The molecule has 118 valence electrons. The Bertz CT molecular complexity index is 786. The highest BCUT2D eigenvalue weighted by atomic mass is 16.4. The number of amides is 1. The third-order valence-corrected chi connectivity index (χ3v) is 4.10. The van der Waals surface area contributed by atoms with E-state index in [0.717, 1.165) is 24.0 Å². The Balaban J connectivity index is 1.99. The first kappa shape index (κ1) is 15.0. The van der Waals surface area contributed by atoms with Gasteiger partial charge < -0.3 is 15.3 Å². The second-order valence-corrected chi connectivity index (χ2v) is 5.92. The summed E-state index contributed by atoms with van der Waals surface area (Å²) in [6.45, 7) is 3.52. The molecule has 0 bridgehead atoms. The molecule has 1 aliphatic rings. The van der Waals surface area contributed by atoms with Crippen LogP contribution in [-0.4, -0.2) is 40.3 Å². The minimum absolute atomic E-state index is 0.119. The summed E-state index contributed by atoms with van der Waals surface area (Å²) in [6.07, 6.45) is 2.95. The number of rotatable bonds is 2. The zero-order chi connectivity index (χ0) is 16.4. The first-order valence-corrected chi connectivity index (χ1v) is 7.45. The molecular weight excluding hydrogens is 294 g/mol. The number of carbonyl (C=O) groups is 1. The van der Waals surface area contributed by atoms with Gasteiger partial charge in [0.15, 0.2) is 0 Å². The fourth-order valence-corrected chi connectivity index (χ4v) is 3.26. The molecule has 0 aliphatic carbocycles. The monoisotopic (exact) mass is 311 g/mol. The number of aromatic nitrogens is 2. The maximum atomic E-state index is 10.9. The van der Waals surface area contributed by atoms with Crippen LogP contribution in [0.5, 0.6) is 0 Å². The quantitative estimate of drug-likeness (QED) is 0.879. The third kappa shape index (κ3) is 3.01. The second-order valence-electron chi connectivity index (χ2n) is 5.92. The van der Waals surface area contributed by atoms with Gasteiger partial charge in [0.2, 0.25) is 0 Å². The van der Waals surface area contributed by atoms with Gasteiger partial charge in [-0.3, -0.25) is 0 Å². The van der Waals surface area contributed by atoms with Crippen molar-refractivity contribution < 1.29 is 9.90 Å². The van der Waals surface area contributed by atoms with Crippen molar-refractivity contribution in [3.05, 3.63) is 30.2 Å². The summed E-state index contributed by atoms with van der Waals surface area (Å²) >= 11 is 0. The van der Waals surface area contributed by atoms with Crippen molar-refractivity contribution in [2.45, 2.75) is 19.4 Å². The van der Waals surface area contributed by atoms with E-state index in [1.54, 1.807) is 12.3 Å². The van der Waals surface area contributed by atoms with Crippen molar-refractivity contribution in [2.24, 2.45) is 5.92 Å². The standard InChI is InChI=1S/C16H17N5O2/c1-10-4-12(20-16(22)23)8-21(7-10)14-3-2-11(5-17)15-13(14)6-18-9-19-15/h2-3,6,9-10,12,20H,4,7-8H2,1H3,(H,22,23). The van der Waals surface area contributed by atoms with Crippen LogP contribution in [0, 0.1) is 17.2 Å². The van der Waals surface area contributed by atoms with Crippen LogP contribution in [0.2, 0.25) is 0 Å². The molecule has 3 rings (SSSR count). The van der Waals surface area contributed by atoms with Gasteiger partial charge in [0.25, 0.3) is 0 Å². The van der Waals surface area contributed by atoms with Crippen LogP contribution >= 0.6 is 0 Å². The predicted octanol–water partition coefficient (Wildman–Crippen LogP) is 1.98. The van der Waals surface area contributed by atoms with E-state index in [0.29, 0.717) is 23.5 Å². The Labute approximate surface area is 133 Å². The van der Waals surface area contributed by atoms with Gasteiger partial charge in [-0.2, -0.15) is 5.26 Å². The number of piperidine rings is 1. The summed E-state index contributed by atoms with van der Waals surface area (Å²) in [5, 5.41) is 21.6. The van der Waals surface area contributed by atoms with E-state index >= 15 is 0 Å². The van der Waals surface area contributed by atoms with E-state index in [2.05, 4.69) is 33.2 Å². The average molecular weight is 311 g/mol. The molecule has 1 aliphatic heterocycles. The van der Waals surface area contributed by atoms with E-state index < -0.39 is 6.09 Å². The summed E-state index contributed by atoms with van der Waals surface area (Å²) in [6, 6.07) is 5.67. The first-order chi connectivity index (χ1) is 11.1. The molecule has 2 aromatic rings. The van der Waals surface area contributed by atoms with Crippen LogP contribution in [0.4, 0.5) is 10.5 Å². The molecule has 1 amide bonds. The molecule has 7 nitrogen and oxygen atoms in total. The summed E-state index contributed by atoms with van der Waals surface area (Å²) in [5.74, 6) is 0.357. The van der Waals surface area contributed by atoms with Crippen molar-refractivity contribution in [1.29, 1.82) is 5.26 Å². The Morgan fingerprint density at radius 2 is 2.30 bits per heavy atom. The summed E-state index contributed by atoms with van der Waals surface area (Å²) in [7, 11) is 0. The number of fused-ring (bicyclic) bond motifs is 1. The van der Waals surface area contributed by atoms with Crippen molar-refractivity contribution >= 4 is 22.7 Å². The molecule has 2 N–H and O–H groups in total. The van der Waals surface area contributed by atoms with Crippen LogP contribution in [0.1, 0.15) is 18.9 Å². The maximum Gasteiger partial charge on any atom is 0.404 e. The zero-order valence-corrected chi connectivity index (χ0v) is 12.7. The number of hydrogen-bond acceptors (Lipinski definition) is 5. The lowest BCUT2D eigenvalue weighted by molar-refractivity contribution is 0.186. The highest BCUT2D eigenvalue weighted by Crippen LogP contribution is 2.30. The fraction of sp³-hybridized carbons (Fsp3) is 0.375. The molecule has 23 heavy (non-hydrogen) atoms. The van der Waals surface area contributed by atoms with E-state index in [1.807, 2.05) is 6.07 Å². The number of carboxylic acid groups (broad SMARTS) is 1. The van der Waals surface area contributed by atoms with Crippen LogP contribution in [0.3, 0.4) is 0 Å². The van der Waals surface area contributed by atoms with Gasteiger partial charge in [-0.15, -0.1) is 0 Å². The van der Waals surface area contributed by atoms with Crippen molar-refractivity contribution in [1.82, 2.24) is 15.3 Å². The lowest BCUT2D eigenvalue weighted by Crippen LogP contribution is -2.50. The van der Waals surface area contributed by atoms with E-state index in [4.69, 9.17) is 5.11 Å². The molecule has 2 heterocycles. The van der Waals surface area contributed by atoms with Gasteiger partial charge in [-0.25, -0.2) is 14.8 Å². The average Bonchev–Trinajstić information content (AvgIpc) is 2.52. The zero-order valence-electron chi connectivity index (χ0n) is 12.7. The predicted molar refractivity (Wildman–Crippen MR) is 85.2 cm³/mol. The number of nitriles is 1. The number of nitrogens with zero attached hydrogens (tertiary/aromatic N) is 4. The first-order valence-electron chi connectivity index (χ1n) is 7.45. The Kier molecular flexibility index (Phi) is 3.98. The normalized spacial score (nSPS) is 21.0. The van der Waals surface area contributed by atoms with Crippen LogP contribution in [0.25, 0.3) is 10.9 Å². The molecule has 0 saturated carbocycles. The van der Waals surface area contributed by atoms with E-state index in [1.165, 1.54) is 6.33 Å². The van der Waals surface area contributed by atoms with E-state index in [9.17, 15) is 10.1 Å². The lowest BCUT2D eigenvalue weighted by atomic mass is 9.95. The summed E-state index contributed by atoms with van der Waals surface area (Å²) in [5.41, 5.74) is 2.07. The van der Waals surface area contributed by atoms with Crippen molar-refractivity contribution in [3.63, 3.8) is 0 Å². The Morgan fingerprint density at radius 1 is 1.48 bits per heavy atom. The Morgan fingerprint density at radius 3 is 3.04 bits per heavy atom. The number of benzene rings is 1. The molecule has 1 aromatic carbocycles. The number of hydrogen-bond donors (Lipinski definition) is 2. The second kappa shape index (κ2) is 6.08. The Hall–Kier alpha value is -2.88. The SMILES string of the molecule is CC1CC(NC(=O)O)CN(c2ccc(C#N)c3ncncc23)C1. The van der Waals surface area contributed by atoms with Crippen LogP contribution < -0.4 is 10.2 Å². The minimum atomic E-state index is -1.00. The number of anilines is 1. The topological polar surface area (TPSA) is 102 Å². The van der Waals surface area contributed by atoms with Gasteiger partial charge >= 0.3 is 6.09 Å². The molecule has 0 spiro atoms. The molecule has 2 atom stereocenters. The number of nitrogens with one attached hydrogen (secondary N) is 1. The maximum absolute atomic E-state index is 10.9. The van der Waals surface area contributed by atoms with Gasteiger partial charge in [-0.05, 0) is 24.5 Å². The fourth-order valence-electron chi connectivity index (χ4n) is 3.26. The molecule has 2 unspecified atom stereocenters.